The molecule has 0 unspecified atom stereocenters. The molecular weight excluding hydrogens is 236 g/mol. The van der Waals surface area contributed by atoms with E-state index in [0.29, 0.717) is 17.1 Å². The molecule has 18 heavy (non-hydrogen) atoms. The van der Waals surface area contributed by atoms with E-state index in [9.17, 15) is 4.79 Å². The Bertz CT molecular complexity index is 579. The minimum absolute atomic E-state index is 0.0287. The van der Waals surface area contributed by atoms with Crippen LogP contribution in [0, 0.1) is 13.8 Å². The fourth-order valence-electron chi connectivity index (χ4n) is 1.37. The van der Waals surface area contributed by atoms with Crippen molar-refractivity contribution in [3.8, 4) is 0 Å². The van der Waals surface area contributed by atoms with E-state index < -0.39 is 5.91 Å². The average Bonchev–Trinajstić information content (AvgIpc) is 2.74. The minimum atomic E-state index is -0.431. The number of pyridine rings is 1. The summed E-state index contributed by atoms with van der Waals surface area (Å²) >= 11 is 0. The molecule has 0 saturated heterocycles. The number of nitrogen functional groups attached to an aromatic ring is 1. The van der Waals surface area contributed by atoms with Gasteiger partial charge in [-0.2, -0.15) is 0 Å². The van der Waals surface area contributed by atoms with Crippen molar-refractivity contribution in [2.45, 2.75) is 13.8 Å². The first-order valence-corrected chi connectivity index (χ1v) is 5.15. The first-order chi connectivity index (χ1) is 8.60. The quantitative estimate of drug-likeness (QED) is 0.538. The fourth-order valence-corrected chi connectivity index (χ4v) is 1.37. The van der Waals surface area contributed by atoms with E-state index in [0.717, 1.165) is 5.69 Å². The maximum atomic E-state index is 11.9. The first-order valence-electron chi connectivity index (χ1n) is 5.15. The van der Waals surface area contributed by atoms with Crippen LogP contribution in [-0.4, -0.2) is 21.1 Å². The molecule has 0 radical (unpaired) electrons. The van der Waals surface area contributed by atoms with Crippen molar-refractivity contribution in [1.82, 2.24) is 15.2 Å². The molecule has 1 amide bonds. The maximum absolute atomic E-state index is 11.9. The number of rotatable bonds is 3. The van der Waals surface area contributed by atoms with Gasteiger partial charge >= 0.3 is 6.01 Å². The molecule has 2 rings (SSSR count). The summed E-state index contributed by atoms with van der Waals surface area (Å²) in [6, 6.07) is 1.69. The second kappa shape index (κ2) is 4.80. The molecule has 2 aromatic rings. The van der Waals surface area contributed by atoms with E-state index in [4.69, 9.17) is 10.3 Å². The molecule has 0 atom stereocenters. The van der Waals surface area contributed by atoms with Crippen LogP contribution in [0.4, 0.5) is 11.7 Å². The number of hydrazine groups is 1. The van der Waals surface area contributed by atoms with Gasteiger partial charge in [0.25, 0.3) is 5.91 Å². The Morgan fingerprint density at radius 3 is 2.78 bits per heavy atom. The molecule has 0 saturated carbocycles. The lowest BCUT2D eigenvalue weighted by Crippen LogP contribution is -2.18. The van der Waals surface area contributed by atoms with Crippen LogP contribution in [0.3, 0.4) is 0 Å². The molecule has 0 aromatic carbocycles. The number of hydrogen-bond acceptors (Lipinski definition) is 7. The smallest absolute Gasteiger partial charge is 0.322 e. The Labute approximate surface area is 103 Å². The Kier molecular flexibility index (Phi) is 3.20. The van der Waals surface area contributed by atoms with Gasteiger partial charge in [0, 0.05) is 18.8 Å². The van der Waals surface area contributed by atoms with Gasteiger partial charge < -0.3 is 9.84 Å². The number of hydrogen-bond donors (Lipinski definition) is 3. The monoisotopic (exact) mass is 248 g/mol. The number of aryl methyl sites for hydroxylation is 2. The summed E-state index contributed by atoms with van der Waals surface area (Å²) in [5.41, 5.74) is 3.94. The number of anilines is 2. The molecule has 94 valence electrons. The van der Waals surface area contributed by atoms with Crippen molar-refractivity contribution in [1.29, 1.82) is 0 Å². The van der Waals surface area contributed by atoms with Crippen LogP contribution in [-0.2, 0) is 0 Å². The molecule has 0 spiro atoms. The van der Waals surface area contributed by atoms with Gasteiger partial charge in [0.2, 0.25) is 5.89 Å². The molecule has 0 fully saturated rings. The Hall–Kier alpha value is -2.48. The van der Waals surface area contributed by atoms with Crippen molar-refractivity contribution in [3.63, 3.8) is 0 Å². The lowest BCUT2D eigenvalue weighted by molar-refractivity contribution is 0.102. The SMILES string of the molecule is Cc1cc(NN)c(C(=O)Nc2nnc(C)o2)cn1. The van der Waals surface area contributed by atoms with E-state index in [-0.39, 0.29) is 6.01 Å². The summed E-state index contributed by atoms with van der Waals surface area (Å²) in [7, 11) is 0. The number of nitrogens with one attached hydrogen (secondary N) is 2. The number of carbonyl (C=O) groups excluding carboxylic acids is 1. The zero-order valence-electron chi connectivity index (χ0n) is 9.89. The van der Waals surface area contributed by atoms with Crippen molar-refractivity contribution >= 4 is 17.6 Å². The summed E-state index contributed by atoms with van der Waals surface area (Å²) in [5.74, 6) is 5.28. The van der Waals surface area contributed by atoms with Crippen LogP contribution in [0.5, 0.6) is 0 Å². The third-order valence-corrected chi connectivity index (χ3v) is 2.19. The lowest BCUT2D eigenvalue weighted by atomic mass is 10.2. The van der Waals surface area contributed by atoms with Crippen LogP contribution in [0.25, 0.3) is 0 Å². The van der Waals surface area contributed by atoms with Gasteiger partial charge in [0.05, 0.1) is 11.3 Å². The lowest BCUT2D eigenvalue weighted by Gasteiger charge is -2.07. The van der Waals surface area contributed by atoms with Gasteiger partial charge in [0.1, 0.15) is 0 Å². The van der Waals surface area contributed by atoms with E-state index >= 15 is 0 Å². The van der Waals surface area contributed by atoms with Crippen LogP contribution in [0.2, 0.25) is 0 Å². The van der Waals surface area contributed by atoms with E-state index in [1.54, 1.807) is 19.9 Å². The van der Waals surface area contributed by atoms with Crippen molar-refractivity contribution in [2.24, 2.45) is 5.84 Å². The number of nitrogens with zero attached hydrogens (tertiary/aromatic N) is 3. The summed E-state index contributed by atoms with van der Waals surface area (Å²) in [5, 5.41) is 9.72. The molecule has 0 bridgehead atoms. The standard InChI is InChI=1S/C10H12N6O2/c1-5-3-8(14-11)7(4-12-5)9(17)13-10-16-15-6(2)18-10/h3-4H,11H2,1-2H3,(H,12,14)(H,13,16,17). The van der Waals surface area contributed by atoms with Gasteiger partial charge in [-0.1, -0.05) is 5.10 Å². The van der Waals surface area contributed by atoms with Gasteiger partial charge in [0.15, 0.2) is 0 Å². The summed E-state index contributed by atoms with van der Waals surface area (Å²) in [4.78, 5) is 16.0. The molecule has 0 aliphatic heterocycles. The molecular formula is C10H12N6O2. The van der Waals surface area contributed by atoms with Crippen LogP contribution in [0.1, 0.15) is 21.9 Å². The number of aromatic nitrogens is 3. The highest BCUT2D eigenvalue weighted by Gasteiger charge is 2.14. The summed E-state index contributed by atoms with van der Waals surface area (Å²) in [6.45, 7) is 3.42. The van der Waals surface area contributed by atoms with Gasteiger partial charge in [-0.3, -0.25) is 20.9 Å². The highest BCUT2D eigenvalue weighted by molar-refractivity contribution is 6.06. The number of nitrogens with two attached hydrogens (primary N) is 1. The second-order valence-electron chi connectivity index (χ2n) is 3.60. The number of amides is 1. The predicted molar refractivity (Wildman–Crippen MR) is 63.8 cm³/mol. The maximum Gasteiger partial charge on any atom is 0.322 e. The van der Waals surface area contributed by atoms with Crippen molar-refractivity contribution in [2.75, 3.05) is 10.7 Å². The molecule has 8 nitrogen and oxygen atoms in total. The van der Waals surface area contributed by atoms with E-state index in [1.807, 2.05) is 0 Å². The Morgan fingerprint density at radius 2 is 2.17 bits per heavy atom. The van der Waals surface area contributed by atoms with Crippen molar-refractivity contribution in [3.05, 3.63) is 29.4 Å². The normalized spacial score (nSPS) is 10.2. The van der Waals surface area contributed by atoms with Crippen LogP contribution < -0.4 is 16.6 Å². The molecule has 8 heteroatoms. The Balaban J connectivity index is 2.23. The summed E-state index contributed by atoms with van der Waals surface area (Å²) in [6.07, 6.45) is 1.42. The number of carbonyl (C=O) groups is 1. The van der Waals surface area contributed by atoms with Crippen LogP contribution in [0.15, 0.2) is 16.7 Å². The second-order valence-corrected chi connectivity index (χ2v) is 3.60. The van der Waals surface area contributed by atoms with Gasteiger partial charge in [-0.15, -0.1) is 5.10 Å². The largest absolute Gasteiger partial charge is 0.408 e. The van der Waals surface area contributed by atoms with Gasteiger partial charge in [-0.25, -0.2) is 0 Å². The Morgan fingerprint density at radius 1 is 1.39 bits per heavy atom. The molecule has 2 heterocycles. The zero-order chi connectivity index (χ0) is 13.1. The van der Waals surface area contributed by atoms with Gasteiger partial charge in [-0.05, 0) is 13.0 Å². The minimum Gasteiger partial charge on any atom is -0.408 e. The topological polar surface area (TPSA) is 119 Å². The molecule has 2 aromatic heterocycles. The predicted octanol–water partition coefficient (Wildman–Crippen LogP) is 0.619. The third kappa shape index (κ3) is 2.43. The molecule has 0 aliphatic rings. The highest BCUT2D eigenvalue weighted by Crippen LogP contribution is 2.16. The fraction of sp³-hybridized carbons (Fsp3) is 0.200. The van der Waals surface area contributed by atoms with E-state index in [1.165, 1.54) is 6.20 Å². The van der Waals surface area contributed by atoms with E-state index in [2.05, 4.69) is 25.9 Å². The average molecular weight is 248 g/mol. The third-order valence-electron chi connectivity index (χ3n) is 2.19. The first kappa shape index (κ1) is 12.0. The highest BCUT2D eigenvalue weighted by atomic mass is 16.4. The van der Waals surface area contributed by atoms with Crippen LogP contribution >= 0.6 is 0 Å². The zero-order valence-corrected chi connectivity index (χ0v) is 9.89. The summed E-state index contributed by atoms with van der Waals surface area (Å²) < 4.78 is 5.05. The van der Waals surface area contributed by atoms with Crippen molar-refractivity contribution < 1.29 is 9.21 Å². The molecule has 4 N–H and O–H groups in total. The molecule has 0 aliphatic carbocycles.